The fraction of sp³-hybridized carbons (Fsp3) is 0.188. The standard InChI is InChI=1S/C16H16N2O4/c1-21-15(19)12-4-3-5-13(14(12)16(20)22-2)18-10-11-6-8-17-9-7-11/h3-9,18H,10H2,1-2H3. The third kappa shape index (κ3) is 3.41. The Hall–Kier alpha value is -2.89. The van der Waals surface area contributed by atoms with Gasteiger partial charge in [0.05, 0.1) is 25.3 Å². The molecule has 1 heterocycles. The maximum Gasteiger partial charge on any atom is 0.340 e. The van der Waals surface area contributed by atoms with Gasteiger partial charge in [-0.2, -0.15) is 0 Å². The van der Waals surface area contributed by atoms with Crippen LogP contribution in [0.1, 0.15) is 26.3 Å². The van der Waals surface area contributed by atoms with Crippen LogP contribution in [-0.2, 0) is 16.0 Å². The molecule has 2 rings (SSSR count). The normalized spacial score (nSPS) is 9.91. The summed E-state index contributed by atoms with van der Waals surface area (Å²) >= 11 is 0. The van der Waals surface area contributed by atoms with Crippen LogP contribution in [0, 0.1) is 0 Å². The first-order chi connectivity index (χ1) is 10.7. The van der Waals surface area contributed by atoms with Crippen LogP contribution in [0.4, 0.5) is 5.69 Å². The van der Waals surface area contributed by atoms with E-state index in [-0.39, 0.29) is 11.1 Å². The molecule has 6 nitrogen and oxygen atoms in total. The van der Waals surface area contributed by atoms with E-state index in [0.717, 1.165) is 5.56 Å². The molecule has 0 bridgehead atoms. The van der Waals surface area contributed by atoms with Crippen LogP contribution >= 0.6 is 0 Å². The van der Waals surface area contributed by atoms with Gasteiger partial charge in [-0.3, -0.25) is 4.98 Å². The largest absolute Gasteiger partial charge is 0.465 e. The Kier molecular flexibility index (Phi) is 5.08. The highest BCUT2D eigenvalue weighted by Gasteiger charge is 2.22. The van der Waals surface area contributed by atoms with Crippen molar-refractivity contribution in [2.45, 2.75) is 6.54 Å². The third-order valence-corrected chi connectivity index (χ3v) is 3.09. The van der Waals surface area contributed by atoms with Gasteiger partial charge in [-0.15, -0.1) is 0 Å². The van der Waals surface area contributed by atoms with Crippen LogP contribution in [0.5, 0.6) is 0 Å². The van der Waals surface area contributed by atoms with Gasteiger partial charge in [-0.1, -0.05) is 6.07 Å². The number of nitrogens with zero attached hydrogens (tertiary/aromatic N) is 1. The van der Waals surface area contributed by atoms with Crippen molar-refractivity contribution < 1.29 is 19.1 Å². The van der Waals surface area contributed by atoms with E-state index in [9.17, 15) is 9.59 Å². The van der Waals surface area contributed by atoms with Gasteiger partial charge in [-0.05, 0) is 29.8 Å². The van der Waals surface area contributed by atoms with Gasteiger partial charge in [0.1, 0.15) is 0 Å². The second kappa shape index (κ2) is 7.21. The molecule has 0 aliphatic rings. The molecule has 0 atom stereocenters. The maximum absolute atomic E-state index is 12.0. The zero-order valence-corrected chi connectivity index (χ0v) is 12.3. The number of carbonyl (C=O) groups excluding carboxylic acids is 2. The van der Waals surface area contributed by atoms with Crippen LogP contribution < -0.4 is 5.32 Å². The molecule has 6 heteroatoms. The van der Waals surface area contributed by atoms with Gasteiger partial charge in [0.25, 0.3) is 0 Å². The first-order valence-corrected chi connectivity index (χ1v) is 6.59. The number of aromatic nitrogens is 1. The Morgan fingerprint density at radius 3 is 2.36 bits per heavy atom. The van der Waals surface area contributed by atoms with Crippen LogP contribution in [0.25, 0.3) is 0 Å². The number of rotatable bonds is 5. The SMILES string of the molecule is COC(=O)c1cccc(NCc2ccncc2)c1C(=O)OC. The summed E-state index contributed by atoms with van der Waals surface area (Å²) in [5.41, 5.74) is 1.82. The van der Waals surface area contributed by atoms with E-state index in [2.05, 4.69) is 10.3 Å². The van der Waals surface area contributed by atoms with Crippen molar-refractivity contribution in [2.24, 2.45) is 0 Å². The monoisotopic (exact) mass is 300 g/mol. The predicted molar refractivity (Wildman–Crippen MR) is 80.7 cm³/mol. The summed E-state index contributed by atoms with van der Waals surface area (Å²) < 4.78 is 9.47. The number of ether oxygens (including phenoxy) is 2. The molecule has 0 saturated heterocycles. The van der Waals surface area contributed by atoms with Gasteiger partial charge in [0.15, 0.2) is 0 Å². The number of hydrogen-bond donors (Lipinski definition) is 1. The molecule has 0 saturated carbocycles. The van der Waals surface area contributed by atoms with E-state index < -0.39 is 11.9 Å². The van der Waals surface area contributed by atoms with Crippen molar-refractivity contribution in [1.82, 2.24) is 4.98 Å². The molecule has 0 unspecified atom stereocenters. The highest BCUT2D eigenvalue weighted by atomic mass is 16.5. The average Bonchev–Trinajstić information content (AvgIpc) is 2.59. The van der Waals surface area contributed by atoms with E-state index in [1.54, 1.807) is 24.5 Å². The molecule has 0 amide bonds. The zero-order chi connectivity index (χ0) is 15.9. The molecule has 1 aromatic heterocycles. The lowest BCUT2D eigenvalue weighted by Gasteiger charge is -2.13. The molecule has 2 aromatic rings. The van der Waals surface area contributed by atoms with E-state index in [1.807, 2.05) is 12.1 Å². The highest BCUT2D eigenvalue weighted by Crippen LogP contribution is 2.22. The molecule has 0 aliphatic carbocycles. The van der Waals surface area contributed by atoms with E-state index in [4.69, 9.17) is 9.47 Å². The van der Waals surface area contributed by atoms with Crippen LogP contribution in [0.15, 0.2) is 42.7 Å². The van der Waals surface area contributed by atoms with Gasteiger partial charge in [0.2, 0.25) is 0 Å². The Labute approximate surface area is 128 Å². The van der Waals surface area contributed by atoms with Crippen LogP contribution in [0.3, 0.4) is 0 Å². The van der Waals surface area contributed by atoms with Crippen molar-refractivity contribution in [3.63, 3.8) is 0 Å². The molecule has 114 valence electrons. The fourth-order valence-electron chi connectivity index (χ4n) is 2.00. The van der Waals surface area contributed by atoms with E-state index >= 15 is 0 Å². The second-order valence-corrected chi connectivity index (χ2v) is 4.42. The molecule has 1 aromatic carbocycles. The second-order valence-electron chi connectivity index (χ2n) is 4.42. The molecule has 22 heavy (non-hydrogen) atoms. The van der Waals surface area contributed by atoms with Crippen LogP contribution in [0.2, 0.25) is 0 Å². The summed E-state index contributed by atoms with van der Waals surface area (Å²) in [6.07, 6.45) is 3.37. The lowest BCUT2D eigenvalue weighted by Crippen LogP contribution is -2.15. The minimum atomic E-state index is -0.599. The van der Waals surface area contributed by atoms with Crippen molar-refractivity contribution in [2.75, 3.05) is 19.5 Å². The third-order valence-electron chi connectivity index (χ3n) is 3.09. The number of anilines is 1. The molecule has 0 fully saturated rings. The minimum Gasteiger partial charge on any atom is -0.465 e. The summed E-state index contributed by atoms with van der Waals surface area (Å²) in [7, 11) is 2.53. The quantitative estimate of drug-likeness (QED) is 0.853. The first-order valence-electron chi connectivity index (χ1n) is 6.59. The van der Waals surface area contributed by atoms with Crippen molar-refractivity contribution in [3.8, 4) is 0 Å². The smallest absolute Gasteiger partial charge is 0.340 e. The van der Waals surface area contributed by atoms with Crippen molar-refractivity contribution in [3.05, 3.63) is 59.4 Å². The lowest BCUT2D eigenvalue weighted by atomic mass is 10.0. The van der Waals surface area contributed by atoms with Gasteiger partial charge < -0.3 is 14.8 Å². The van der Waals surface area contributed by atoms with Crippen molar-refractivity contribution >= 4 is 17.6 Å². The molecule has 0 aliphatic heterocycles. The average molecular weight is 300 g/mol. The number of nitrogens with one attached hydrogen (secondary N) is 1. The highest BCUT2D eigenvalue weighted by molar-refractivity contribution is 6.07. The minimum absolute atomic E-state index is 0.158. The number of hydrogen-bond acceptors (Lipinski definition) is 6. The number of benzene rings is 1. The topological polar surface area (TPSA) is 77.5 Å². The lowest BCUT2D eigenvalue weighted by molar-refractivity contribution is 0.0556. The Morgan fingerprint density at radius 2 is 1.73 bits per heavy atom. The van der Waals surface area contributed by atoms with Gasteiger partial charge in [-0.25, -0.2) is 9.59 Å². The first kappa shape index (κ1) is 15.5. The Balaban J connectivity index is 2.33. The predicted octanol–water partition coefficient (Wildman–Crippen LogP) is 2.27. The fourth-order valence-corrected chi connectivity index (χ4v) is 2.00. The summed E-state index contributed by atoms with van der Waals surface area (Å²) in [4.78, 5) is 27.8. The number of pyridine rings is 1. The molecule has 0 spiro atoms. The summed E-state index contributed by atoms with van der Waals surface area (Å²) in [5.74, 6) is -1.19. The summed E-state index contributed by atoms with van der Waals surface area (Å²) in [6.45, 7) is 0.483. The van der Waals surface area contributed by atoms with Crippen molar-refractivity contribution in [1.29, 1.82) is 0 Å². The summed E-state index contributed by atoms with van der Waals surface area (Å²) in [6, 6.07) is 8.62. The maximum atomic E-state index is 12.0. The zero-order valence-electron chi connectivity index (χ0n) is 12.3. The van der Waals surface area contributed by atoms with Crippen LogP contribution in [-0.4, -0.2) is 31.1 Å². The molecular formula is C16H16N2O4. The molecular weight excluding hydrogens is 284 g/mol. The Morgan fingerprint density at radius 1 is 1.05 bits per heavy atom. The molecule has 1 N–H and O–H groups in total. The summed E-state index contributed by atoms with van der Waals surface area (Å²) in [5, 5.41) is 3.13. The Bertz CT molecular complexity index is 671. The number of esters is 2. The van der Waals surface area contributed by atoms with E-state index in [0.29, 0.717) is 12.2 Å². The number of carbonyl (C=O) groups is 2. The molecule has 0 radical (unpaired) electrons. The van der Waals surface area contributed by atoms with E-state index in [1.165, 1.54) is 20.3 Å². The van der Waals surface area contributed by atoms with Gasteiger partial charge >= 0.3 is 11.9 Å². The number of methoxy groups -OCH3 is 2. The van der Waals surface area contributed by atoms with Gasteiger partial charge in [0, 0.05) is 24.6 Å².